The van der Waals surface area contributed by atoms with Gasteiger partial charge in [0, 0.05) is 17.4 Å². The number of aryl methyl sites for hydroxylation is 1. The molecule has 2 amide bonds. The Kier molecular flexibility index (Phi) is 3.52. The van der Waals surface area contributed by atoms with E-state index in [9.17, 15) is 9.59 Å². The van der Waals surface area contributed by atoms with Crippen molar-refractivity contribution in [1.82, 2.24) is 0 Å². The minimum absolute atomic E-state index is 0.0353. The van der Waals surface area contributed by atoms with Gasteiger partial charge in [-0.15, -0.1) is 0 Å². The van der Waals surface area contributed by atoms with E-state index >= 15 is 0 Å². The van der Waals surface area contributed by atoms with Crippen LogP contribution in [0.15, 0.2) is 18.2 Å². The van der Waals surface area contributed by atoms with E-state index in [2.05, 4.69) is 11.8 Å². The van der Waals surface area contributed by atoms with E-state index in [4.69, 9.17) is 5.11 Å². The minimum atomic E-state index is -0.250. The SMILES string of the molecule is Cc1ccc(C#CCO)c(N2C(=O)C3CCC(C3)C2=O)c1. The van der Waals surface area contributed by atoms with Crippen LogP contribution in [0.2, 0.25) is 0 Å². The van der Waals surface area contributed by atoms with Gasteiger partial charge in [-0.3, -0.25) is 9.59 Å². The summed E-state index contributed by atoms with van der Waals surface area (Å²) in [6.07, 6.45) is 2.29. The fraction of sp³-hybridized carbons (Fsp3) is 0.412. The molecule has 2 bridgehead atoms. The molecule has 0 spiro atoms. The van der Waals surface area contributed by atoms with Gasteiger partial charge in [0.2, 0.25) is 11.8 Å². The van der Waals surface area contributed by atoms with Gasteiger partial charge in [0.1, 0.15) is 6.61 Å². The lowest BCUT2D eigenvalue weighted by atomic mass is 9.95. The number of hydrogen-bond acceptors (Lipinski definition) is 3. The number of imide groups is 1. The second-order valence-corrected chi connectivity index (χ2v) is 5.70. The van der Waals surface area contributed by atoms with Crippen molar-refractivity contribution in [2.45, 2.75) is 26.2 Å². The van der Waals surface area contributed by atoms with E-state index in [-0.39, 0.29) is 30.3 Å². The number of amides is 2. The van der Waals surface area contributed by atoms with Crippen LogP contribution in [0.3, 0.4) is 0 Å². The number of rotatable bonds is 1. The number of benzene rings is 1. The number of piperidine rings is 1. The van der Waals surface area contributed by atoms with Crippen molar-refractivity contribution >= 4 is 17.5 Å². The monoisotopic (exact) mass is 283 g/mol. The normalized spacial score (nSPS) is 24.0. The number of aliphatic hydroxyl groups is 1. The Morgan fingerprint density at radius 3 is 2.52 bits per heavy atom. The number of carbonyl (C=O) groups is 2. The Morgan fingerprint density at radius 2 is 1.90 bits per heavy atom. The topological polar surface area (TPSA) is 57.6 Å². The molecule has 1 saturated heterocycles. The molecule has 3 rings (SSSR count). The van der Waals surface area contributed by atoms with E-state index < -0.39 is 0 Å². The van der Waals surface area contributed by atoms with Gasteiger partial charge in [0.25, 0.3) is 0 Å². The largest absolute Gasteiger partial charge is 0.384 e. The molecule has 1 N–H and O–H groups in total. The molecule has 108 valence electrons. The summed E-state index contributed by atoms with van der Waals surface area (Å²) in [5, 5.41) is 8.86. The first-order valence-electron chi connectivity index (χ1n) is 7.20. The fourth-order valence-corrected chi connectivity index (χ4v) is 3.21. The second kappa shape index (κ2) is 5.34. The van der Waals surface area contributed by atoms with E-state index in [1.165, 1.54) is 4.90 Å². The maximum absolute atomic E-state index is 12.5. The number of aliphatic hydroxyl groups excluding tert-OH is 1. The highest BCUT2D eigenvalue weighted by atomic mass is 16.2. The Morgan fingerprint density at radius 1 is 1.24 bits per heavy atom. The van der Waals surface area contributed by atoms with Gasteiger partial charge in [0.05, 0.1) is 5.69 Å². The molecule has 1 aliphatic carbocycles. The summed E-state index contributed by atoms with van der Waals surface area (Å²) in [6, 6.07) is 5.50. The van der Waals surface area contributed by atoms with Crippen LogP contribution in [0.4, 0.5) is 5.69 Å². The van der Waals surface area contributed by atoms with Crippen LogP contribution in [0, 0.1) is 30.6 Å². The maximum Gasteiger partial charge on any atom is 0.236 e. The van der Waals surface area contributed by atoms with E-state index in [1.807, 2.05) is 19.1 Å². The molecular weight excluding hydrogens is 266 g/mol. The first-order chi connectivity index (χ1) is 10.1. The maximum atomic E-state index is 12.5. The van der Waals surface area contributed by atoms with Crippen LogP contribution >= 0.6 is 0 Å². The predicted molar refractivity (Wildman–Crippen MR) is 78.5 cm³/mol. The summed E-state index contributed by atoms with van der Waals surface area (Å²) in [6.45, 7) is 1.67. The molecule has 1 aromatic carbocycles. The summed E-state index contributed by atoms with van der Waals surface area (Å²) >= 11 is 0. The van der Waals surface area contributed by atoms with Crippen LogP contribution in [0.5, 0.6) is 0 Å². The Balaban J connectivity index is 2.08. The van der Waals surface area contributed by atoms with Gasteiger partial charge in [-0.2, -0.15) is 0 Å². The quantitative estimate of drug-likeness (QED) is 0.629. The molecule has 1 saturated carbocycles. The highest BCUT2D eigenvalue weighted by molar-refractivity contribution is 6.19. The summed E-state index contributed by atoms with van der Waals surface area (Å²) < 4.78 is 0. The van der Waals surface area contributed by atoms with Gasteiger partial charge < -0.3 is 5.11 Å². The van der Waals surface area contributed by atoms with E-state index in [1.54, 1.807) is 6.07 Å². The summed E-state index contributed by atoms with van der Waals surface area (Å²) in [5.74, 6) is 5.14. The van der Waals surface area contributed by atoms with Crippen LogP contribution in [-0.4, -0.2) is 23.5 Å². The molecule has 1 heterocycles. The molecule has 4 heteroatoms. The summed E-state index contributed by atoms with van der Waals surface area (Å²) in [7, 11) is 0. The number of nitrogens with zero attached hydrogens (tertiary/aromatic N) is 1. The molecule has 1 aromatic rings. The van der Waals surface area contributed by atoms with Crippen LogP contribution in [-0.2, 0) is 9.59 Å². The van der Waals surface area contributed by atoms with Crippen molar-refractivity contribution in [3.63, 3.8) is 0 Å². The molecule has 2 fully saturated rings. The summed E-state index contributed by atoms with van der Waals surface area (Å²) in [5.41, 5.74) is 2.14. The molecule has 2 unspecified atom stereocenters. The predicted octanol–water partition coefficient (Wildman–Crippen LogP) is 1.63. The molecule has 2 aliphatic rings. The van der Waals surface area contributed by atoms with Crippen molar-refractivity contribution in [2.75, 3.05) is 11.5 Å². The van der Waals surface area contributed by atoms with Crippen LogP contribution in [0.25, 0.3) is 0 Å². The fourth-order valence-electron chi connectivity index (χ4n) is 3.21. The minimum Gasteiger partial charge on any atom is -0.384 e. The van der Waals surface area contributed by atoms with Gasteiger partial charge in [0.15, 0.2) is 0 Å². The van der Waals surface area contributed by atoms with Gasteiger partial charge in [-0.1, -0.05) is 17.9 Å². The zero-order valence-corrected chi connectivity index (χ0v) is 11.9. The lowest BCUT2D eigenvalue weighted by Gasteiger charge is -2.30. The van der Waals surface area contributed by atoms with E-state index in [0.717, 1.165) is 18.4 Å². The zero-order chi connectivity index (χ0) is 15.0. The Hall–Kier alpha value is -2.12. The standard InChI is InChI=1S/C17H17NO3/c1-11-4-5-12(3-2-8-19)15(9-11)18-16(20)13-6-7-14(10-13)17(18)21/h4-5,9,13-14,19H,6-8,10H2,1H3. The van der Waals surface area contributed by atoms with Crippen molar-refractivity contribution in [1.29, 1.82) is 0 Å². The first-order valence-corrected chi connectivity index (χ1v) is 7.20. The average Bonchev–Trinajstić information content (AvgIpc) is 2.92. The van der Waals surface area contributed by atoms with E-state index in [0.29, 0.717) is 17.7 Å². The number of fused-ring (bicyclic) bond motifs is 2. The second-order valence-electron chi connectivity index (χ2n) is 5.70. The molecule has 21 heavy (non-hydrogen) atoms. The highest BCUT2D eigenvalue weighted by Crippen LogP contribution is 2.40. The van der Waals surface area contributed by atoms with Crippen molar-refractivity contribution in [3.8, 4) is 11.8 Å². The van der Waals surface area contributed by atoms with Crippen molar-refractivity contribution in [3.05, 3.63) is 29.3 Å². The lowest BCUT2D eigenvalue weighted by Crippen LogP contribution is -2.46. The van der Waals surface area contributed by atoms with Crippen LogP contribution in [0.1, 0.15) is 30.4 Å². The third kappa shape index (κ3) is 2.34. The lowest BCUT2D eigenvalue weighted by molar-refractivity contribution is -0.133. The first kappa shape index (κ1) is 13.8. The third-order valence-corrected chi connectivity index (χ3v) is 4.27. The van der Waals surface area contributed by atoms with Crippen LogP contribution < -0.4 is 4.90 Å². The molecule has 0 aromatic heterocycles. The average molecular weight is 283 g/mol. The Bertz CT molecular complexity index is 646. The van der Waals surface area contributed by atoms with Gasteiger partial charge in [-0.25, -0.2) is 4.90 Å². The van der Waals surface area contributed by atoms with Gasteiger partial charge >= 0.3 is 0 Å². The zero-order valence-electron chi connectivity index (χ0n) is 11.9. The number of hydrogen-bond donors (Lipinski definition) is 1. The molecule has 4 nitrogen and oxygen atoms in total. The number of anilines is 1. The number of carbonyl (C=O) groups excluding carboxylic acids is 2. The third-order valence-electron chi connectivity index (χ3n) is 4.27. The smallest absolute Gasteiger partial charge is 0.236 e. The molecule has 0 radical (unpaired) electrons. The Labute approximate surface area is 123 Å². The van der Waals surface area contributed by atoms with Gasteiger partial charge in [-0.05, 0) is 43.9 Å². The molecule has 1 aliphatic heterocycles. The molecule has 2 atom stereocenters. The highest BCUT2D eigenvalue weighted by Gasteiger charge is 2.46. The van der Waals surface area contributed by atoms with Crippen molar-refractivity contribution in [2.24, 2.45) is 11.8 Å². The van der Waals surface area contributed by atoms with Crippen molar-refractivity contribution < 1.29 is 14.7 Å². The summed E-state index contributed by atoms with van der Waals surface area (Å²) in [4.78, 5) is 26.4. The molecular formula is C17H17NO3.